The Morgan fingerprint density at radius 2 is 1.47 bits per heavy atom. The van der Waals surface area contributed by atoms with Gasteiger partial charge in [0.1, 0.15) is 10.3 Å². The summed E-state index contributed by atoms with van der Waals surface area (Å²) < 4.78 is 0. The Morgan fingerprint density at radius 3 is 1.94 bits per heavy atom. The van der Waals surface area contributed by atoms with Crippen LogP contribution in [0, 0.1) is 0 Å². The summed E-state index contributed by atoms with van der Waals surface area (Å²) in [6.07, 6.45) is 3.23. The number of halogens is 2. The van der Waals surface area contributed by atoms with E-state index in [2.05, 4.69) is 19.9 Å². The molecule has 4 nitrogen and oxygen atoms in total. The van der Waals surface area contributed by atoms with Crippen molar-refractivity contribution in [3.63, 3.8) is 0 Å². The largest absolute Gasteiger partial charge is 0.234 e. The Bertz CT molecular complexity index is 505. The summed E-state index contributed by atoms with van der Waals surface area (Å²) in [6, 6.07) is 1.72. The molecule has 2 heterocycles. The van der Waals surface area contributed by atoms with Crippen molar-refractivity contribution in [1.82, 2.24) is 19.9 Å². The summed E-state index contributed by atoms with van der Waals surface area (Å²) in [6.45, 7) is 3.96. The summed E-state index contributed by atoms with van der Waals surface area (Å²) in [4.78, 5) is 16.4. The van der Waals surface area contributed by atoms with E-state index in [0.717, 1.165) is 5.56 Å². The molecule has 2 aromatic heterocycles. The first-order chi connectivity index (χ1) is 8.09. The van der Waals surface area contributed by atoms with Crippen LogP contribution >= 0.6 is 23.2 Å². The third-order valence-electron chi connectivity index (χ3n) is 2.20. The van der Waals surface area contributed by atoms with E-state index in [1.54, 1.807) is 18.5 Å². The third kappa shape index (κ3) is 2.53. The summed E-state index contributed by atoms with van der Waals surface area (Å²) >= 11 is 12.2. The van der Waals surface area contributed by atoms with Crippen LogP contribution in [0.15, 0.2) is 18.5 Å². The monoisotopic (exact) mass is 268 g/mol. The lowest BCUT2D eigenvalue weighted by Crippen LogP contribution is -2.01. The van der Waals surface area contributed by atoms with Crippen molar-refractivity contribution in [1.29, 1.82) is 0 Å². The van der Waals surface area contributed by atoms with Gasteiger partial charge >= 0.3 is 0 Å². The molecule has 2 aromatic rings. The summed E-state index contributed by atoms with van der Waals surface area (Å²) in [5, 5.41) is 0.699. The smallest absolute Gasteiger partial charge is 0.200 e. The fraction of sp³-hybridized carbons (Fsp3) is 0.273. The number of nitrogens with zero attached hydrogens (tertiary/aromatic N) is 4. The summed E-state index contributed by atoms with van der Waals surface area (Å²) in [7, 11) is 0. The summed E-state index contributed by atoms with van der Waals surface area (Å²) in [5.74, 6) is 0.914. The maximum atomic E-state index is 6.09. The van der Waals surface area contributed by atoms with E-state index in [4.69, 9.17) is 23.2 Å². The zero-order valence-corrected chi connectivity index (χ0v) is 10.9. The van der Waals surface area contributed by atoms with E-state index in [1.807, 2.05) is 13.8 Å². The van der Waals surface area contributed by atoms with Crippen molar-refractivity contribution in [2.75, 3.05) is 0 Å². The third-order valence-corrected chi connectivity index (χ3v) is 2.77. The van der Waals surface area contributed by atoms with Crippen molar-refractivity contribution in [3.05, 3.63) is 34.3 Å². The van der Waals surface area contributed by atoms with Gasteiger partial charge in [0, 0.05) is 18.0 Å². The maximum absolute atomic E-state index is 6.09. The fourth-order valence-corrected chi connectivity index (χ4v) is 2.23. The molecule has 0 amide bonds. The van der Waals surface area contributed by atoms with E-state index in [1.165, 1.54) is 0 Å². The molecule has 0 aromatic carbocycles. The minimum Gasteiger partial charge on any atom is -0.234 e. The van der Waals surface area contributed by atoms with Crippen molar-refractivity contribution in [3.8, 4) is 11.6 Å². The number of hydrogen-bond acceptors (Lipinski definition) is 4. The van der Waals surface area contributed by atoms with Crippen LogP contribution in [0.1, 0.15) is 25.3 Å². The van der Waals surface area contributed by atoms with Crippen molar-refractivity contribution in [2.24, 2.45) is 0 Å². The minimum absolute atomic E-state index is 0.167. The van der Waals surface area contributed by atoms with E-state index in [9.17, 15) is 0 Å². The normalized spacial score (nSPS) is 10.9. The molecular formula is C11H10Cl2N4. The van der Waals surface area contributed by atoms with Crippen molar-refractivity contribution >= 4 is 23.2 Å². The van der Waals surface area contributed by atoms with Crippen LogP contribution in [0.4, 0.5) is 0 Å². The topological polar surface area (TPSA) is 51.6 Å². The SMILES string of the molecule is CC(C)c1c(Cl)nc(-c2ncccn2)nc1Cl. The average molecular weight is 269 g/mol. The predicted octanol–water partition coefficient (Wildman–Crippen LogP) is 3.36. The molecule has 0 aliphatic rings. The van der Waals surface area contributed by atoms with E-state index < -0.39 is 0 Å². The molecule has 6 heteroatoms. The highest BCUT2D eigenvalue weighted by atomic mass is 35.5. The highest BCUT2D eigenvalue weighted by Crippen LogP contribution is 2.30. The molecule has 0 saturated carbocycles. The molecule has 0 atom stereocenters. The first-order valence-corrected chi connectivity index (χ1v) is 5.85. The number of hydrogen-bond donors (Lipinski definition) is 0. The molecule has 2 rings (SSSR count). The predicted molar refractivity (Wildman–Crippen MR) is 67.2 cm³/mol. The van der Waals surface area contributed by atoms with Crippen LogP contribution in [0.3, 0.4) is 0 Å². The zero-order chi connectivity index (χ0) is 12.4. The standard InChI is InChI=1S/C11H10Cl2N4/c1-6(2)7-8(12)16-11(17-9(7)13)10-14-4-3-5-15-10/h3-6H,1-2H3. The van der Waals surface area contributed by atoms with Gasteiger partial charge in [0.15, 0.2) is 5.82 Å². The van der Waals surface area contributed by atoms with Gasteiger partial charge in [-0.15, -0.1) is 0 Å². The Morgan fingerprint density at radius 1 is 0.941 bits per heavy atom. The molecule has 0 unspecified atom stereocenters. The molecule has 17 heavy (non-hydrogen) atoms. The molecule has 88 valence electrons. The quantitative estimate of drug-likeness (QED) is 0.784. The second-order valence-corrected chi connectivity index (χ2v) is 4.49. The fourth-order valence-electron chi connectivity index (χ4n) is 1.41. The molecule has 0 aliphatic heterocycles. The molecule has 0 aliphatic carbocycles. The van der Waals surface area contributed by atoms with Gasteiger partial charge in [0.25, 0.3) is 0 Å². The molecule has 0 radical (unpaired) electrons. The van der Waals surface area contributed by atoms with E-state index in [-0.39, 0.29) is 5.92 Å². The van der Waals surface area contributed by atoms with E-state index >= 15 is 0 Å². The van der Waals surface area contributed by atoms with E-state index in [0.29, 0.717) is 22.0 Å². The Labute approximate surface area is 109 Å². The first-order valence-electron chi connectivity index (χ1n) is 5.10. The van der Waals surface area contributed by atoms with Gasteiger partial charge in [-0.3, -0.25) is 0 Å². The van der Waals surface area contributed by atoms with Gasteiger partial charge in [-0.2, -0.15) is 0 Å². The molecule has 0 spiro atoms. The zero-order valence-electron chi connectivity index (χ0n) is 9.35. The van der Waals surface area contributed by atoms with Gasteiger partial charge in [-0.05, 0) is 12.0 Å². The van der Waals surface area contributed by atoms with Crippen LogP contribution in [-0.2, 0) is 0 Å². The molecule has 0 saturated heterocycles. The van der Waals surface area contributed by atoms with Crippen molar-refractivity contribution < 1.29 is 0 Å². The highest BCUT2D eigenvalue weighted by molar-refractivity contribution is 6.34. The first kappa shape index (κ1) is 12.2. The second kappa shape index (κ2) is 4.94. The van der Waals surface area contributed by atoms with Crippen LogP contribution < -0.4 is 0 Å². The maximum Gasteiger partial charge on any atom is 0.200 e. The van der Waals surface area contributed by atoms with Gasteiger partial charge < -0.3 is 0 Å². The van der Waals surface area contributed by atoms with Crippen molar-refractivity contribution in [2.45, 2.75) is 19.8 Å². The lowest BCUT2D eigenvalue weighted by atomic mass is 10.1. The minimum atomic E-state index is 0.167. The van der Waals surface area contributed by atoms with Crippen LogP contribution in [0.5, 0.6) is 0 Å². The molecule has 0 fully saturated rings. The van der Waals surface area contributed by atoms with Crippen LogP contribution in [0.2, 0.25) is 10.3 Å². The van der Waals surface area contributed by atoms with Gasteiger partial charge in [-0.25, -0.2) is 19.9 Å². The lowest BCUT2D eigenvalue weighted by molar-refractivity contribution is 0.846. The molecule has 0 bridgehead atoms. The van der Waals surface area contributed by atoms with Gasteiger partial charge in [0.2, 0.25) is 5.82 Å². The molecule has 0 N–H and O–H groups in total. The Kier molecular flexibility index (Phi) is 3.54. The highest BCUT2D eigenvalue weighted by Gasteiger charge is 2.16. The second-order valence-electron chi connectivity index (χ2n) is 3.77. The van der Waals surface area contributed by atoms with Gasteiger partial charge in [-0.1, -0.05) is 37.0 Å². The average Bonchev–Trinajstić information content (AvgIpc) is 2.28. The molecular weight excluding hydrogens is 259 g/mol. The van der Waals surface area contributed by atoms with Crippen LogP contribution in [-0.4, -0.2) is 19.9 Å². The van der Waals surface area contributed by atoms with Crippen LogP contribution in [0.25, 0.3) is 11.6 Å². The van der Waals surface area contributed by atoms with Gasteiger partial charge in [0.05, 0.1) is 0 Å². The Hall–Kier alpha value is -1.26. The Balaban J connectivity index is 2.53. The number of aromatic nitrogens is 4. The summed E-state index contributed by atoms with van der Waals surface area (Å²) in [5.41, 5.74) is 0.744. The number of rotatable bonds is 2. The lowest BCUT2D eigenvalue weighted by Gasteiger charge is -2.10.